The van der Waals surface area contributed by atoms with Gasteiger partial charge < -0.3 is 24.4 Å². The van der Waals surface area contributed by atoms with E-state index in [9.17, 15) is 9.90 Å². The van der Waals surface area contributed by atoms with E-state index in [4.69, 9.17) is 9.47 Å². The summed E-state index contributed by atoms with van der Waals surface area (Å²) in [5, 5.41) is 10.1. The second-order valence-electron chi connectivity index (χ2n) is 12.4. The largest absolute Gasteiger partial charge is 0.508 e. The third-order valence-corrected chi connectivity index (χ3v) is 8.30. The molecule has 1 N–H and O–H groups in total. The quantitative estimate of drug-likeness (QED) is 0.265. The van der Waals surface area contributed by atoms with Crippen molar-refractivity contribution in [2.75, 3.05) is 31.1 Å². The number of anilines is 1. The van der Waals surface area contributed by atoms with Crippen molar-refractivity contribution < 1.29 is 19.4 Å². The number of aromatic nitrogens is 1. The molecule has 1 unspecified atom stereocenters. The van der Waals surface area contributed by atoms with E-state index >= 15 is 0 Å². The van der Waals surface area contributed by atoms with Crippen molar-refractivity contribution in [2.45, 2.75) is 51.0 Å². The Morgan fingerprint density at radius 3 is 2.30 bits per heavy atom. The molecule has 43 heavy (non-hydrogen) atoms. The molecule has 0 bridgehead atoms. The number of amides is 1. The normalized spacial score (nSPS) is 18.6. The number of carbonyl (C=O) groups is 1. The molecule has 6 rings (SSSR count). The molecule has 0 saturated carbocycles. The summed E-state index contributed by atoms with van der Waals surface area (Å²) in [6, 6.07) is 28.7. The van der Waals surface area contributed by atoms with Gasteiger partial charge in [-0.1, -0.05) is 48.5 Å². The van der Waals surface area contributed by atoms with Gasteiger partial charge in [-0.15, -0.1) is 0 Å². The number of nitrogens with zero attached hydrogens (tertiary/aromatic N) is 3. The number of carbonyl (C=O) groups excluding carboxylic acids is 1. The lowest BCUT2D eigenvalue weighted by atomic mass is 9.69. The number of aryl methyl sites for hydroxylation is 1. The number of hydrogen-bond donors (Lipinski definition) is 1. The van der Waals surface area contributed by atoms with Gasteiger partial charge in [-0.3, -0.25) is 0 Å². The molecular weight excluding hydrogens is 538 g/mol. The number of phenolic OH excluding ortho intramolecular Hbond substituents is 1. The standard InChI is InChI=1S/C36H39N3O4/c1-36(2,3)43-35(41)39-21-19-38(20-22-39)28-12-18-33(37-24-28)42-30-14-9-26(10-15-30)34-31(25-7-5-4-6-8-25)16-11-27-23-29(40)13-17-32(27)34/h4-10,12-15,17-18,23-24,31,34,40H,11,16,19-22H2,1-3H3/t31?,34-/m0/s1. The number of benzene rings is 3. The molecule has 4 aromatic rings. The summed E-state index contributed by atoms with van der Waals surface area (Å²) < 4.78 is 11.6. The SMILES string of the molecule is CC(C)(C)OC(=O)N1CCN(c2ccc(Oc3ccc([C@@H]4c5ccc(O)cc5CCC4c4ccccc4)cc3)nc2)CC1. The summed E-state index contributed by atoms with van der Waals surface area (Å²) in [5.41, 5.74) is 5.55. The van der Waals surface area contributed by atoms with Crippen LogP contribution >= 0.6 is 0 Å². The molecule has 2 heterocycles. The van der Waals surface area contributed by atoms with Gasteiger partial charge in [0.05, 0.1) is 11.9 Å². The summed E-state index contributed by atoms with van der Waals surface area (Å²) in [4.78, 5) is 20.9. The highest BCUT2D eigenvalue weighted by Crippen LogP contribution is 2.47. The summed E-state index contributed by atoms with van der Waals surface area (Å²) >= 11 is 0. The van der Waals surface area contributed by atoms with Gasteiger partial charge in [-0.2, -0.15) is 0 Å². The minimum atomic E-state index is -0.495. The Kier molecular flexibility index (Phi) is 7.98. The maximum atomic E-state index is 12.4. The molecule has 1 aliphatic heterocycles. The van der Waals surface area contributed by atoms with Crippen LogP contribution in [0.2, 0.25) is 0 Å². The molecule has 0 spiro atoms. The average molecular weight is 578 g/mol. The Labute approximate surface area is 253 Å². The van der Waals surface area contributed by atoms with Gasteiger partial charge in [0, 0.05) is 38.2 Å². The molecule has 1 fully saturated rings. The average Bonchev–Trinajstić information content (AvgIpc) is 3.01. The molecule has 2 aliphatic rings. The topological polar surface area (TPSA) is 75.1 Å². The van der Waals surface area contributed by atoms with Gasteiger partial charge >= 0.3 is 6.09 Å². The fraction of sp³-hybridized carbons (Fsp3) is 0.333. The van der Waals surface area contributed by atoms with Crippen molar-refractivity contribution >= 4 is 11.8 Å². The Hall–Kier alpha value is -4.52. The van der Waals surface area contributed by atoms with Crippen LogP contribution in [0.1, 0.15) is 61.3 Å². The van der Waals surface area contributed by atoms with Crippen LogP contribution < -0.4 is 9.64 Å². The van der Waals surface area contributed by atoms with Crippen molar-refractivity contribution in [1.82, 2.24) is 9.88 Å². The van der Waals surface area contributed by atoms with Crippen molar-refractivity contribution in [3.63, 3.8) is 0 Å². The first-order valence-corrected chi connectivity index (χ1v) is 15.1. The van der Waals surface area contributed by atoms with E-state index in [2.05, 4.69) is 58.4 Å². The Bertz CT molecular complexity index is 1540. The van der Waals surface area contributed by atoms with Gasteiger partial charge in [0.15, 0.2) is 0 Å². The predicted octanol–water partition coefficient (Wildman–Crippen LogP) is 7.50. The van der Waals surface area contributed by atoms with E-state index in [0.717, 1.165) is 37.4 Å². The van der Waals surface area contributed by atoms with Crippen molar-refractivity contribution in [2.24, 2.45) is 0 Å². The zero-order valence-electron chi connectivity index (χ0n) is 25.1. The molecule has 1 amide bonds. The zero-order valence-corrected chi connectivity index (χ0v) is 25.1. The van der Waals surface area contributed by atoms with Crippen molar-refractivity contribution in [3.8, 4) is 17.4 Å². The second kappa shape index (κ2) is 12.0. The van der Waals surface area contributed by atoms with Crippen LogP contribution in [0, 0.1) is 0 Å². The molecule has 1 aliphatic carbocycles. The van der Waals surface area contributed by atoms with Gasteiger partial charge in [-0.05, 0) is 92.1 Å². The third-order valence-electron chi connectivity index (χ3n) is 8.30. The minimum absolute atomic E-state index is 0.189. The van der Waals surface area contributed by atoms with Crippen LogP contribution in [0.3, 0.4) is 0 Å². The maximum Gasteiger partial charge on any atom is 0.410 e. The van der Waals surface area contributed by atoms with Gasteiger partial charge in [-0.25, -0.2) is 9.78 Å². The number of ether oxygens (including phenoxy) is 2. The molecule has 2 atom stereocenters. The highest BCUT2D eigenvalue weighted by molar-refractivity contribution is 5.68. The van der Waals surface area contributed by atoms with E-state index in [0.29, 0.717) is 30.6 Å². The first-order chi connectivity index (χ1) is 20.7. The fourth-order valence-corrected chi connectivity index (χ4v) is 6.24. The van der Waals surface area contributed by atoms with Crippen molar-refractivity contribution in [3.05, 3.63) is 113 Å². The molecule has 1 saturated heterocycles. The minimum Gasteiger partial charge on any atom is -0.508 e. The molecule has 1 aromatic heterocycles. The lowest BCUT2D eigenvalue weighted by Gasteiger charge is -2.36. The van der Waals surface area contributed by atoms with Crippen LogP contribution in [0.15, 0.2) is 91.1 Å². The number of phenols is 1. The number of rotatable bonds is 5. The number of fused-ring (bicyclic) bond motifs is 1. The van der Waals surface area contributed by atoms with E-state index in [1.54, 1.807) is 11.0 Å². The number of aromatic hydroxyl groups is 1. The molecule has 7 nitrogen and oxygen atoms in total. The van der Waals surface area contributed by atoms with Crippen LogP contribution in [0.5, 0.6) is 17.4 Å². The monoisotopic (exact) mass is 577 g/mol. The first-order valence-electron chi connectivity index (χ1n) is 15.1. The van der Waals surface area contributed by atoms with Crippen LogP contribution in [-0.4, -0.2) is 52.9 Å². The maximum absolute atomic E-state index is 12.4. The highest BCUT2D eigenvalue weighted by Gasteiger charge is 2.32. The molecule has 222 valence electrons. The molecule has 7 heteroatoms. The van der Waals surface area contributed by atoms with Gasteiger partial charge in [0.25, 0.3) is 0 Å². The summed E-state index contributed by atoms with van der Waals surface area (Å²) in [6.07, 6.45) is 3.53. The number of hydrogen-bond acceptors (Lipinski definition) is 6. The third kappa shape index (κ3) is 6.61. The molecular formula is C36H39N3O4. The number of pyridine rings is 1. The lowest BCUT2D eigenvalue weighted by molar-refractivity contribution is 0.0240. The lowest BCUT2D eigenvalue weighted by Crippen LogP contribution is -2.50. The highest BCUT2D eigenvalue weighted by atomic mass is 16.6. The van der Waals surface area contributed by atoms with Gasteiger partial charge in [0.2, 0.25) is 5.88 Å². The Balaban J connectivity index is 1.12. The predicted molar refractivity (Wildman–Crippen MR) is 168 cm³/mol. The van der Waals surface area contributed by atoms with Gasteiger partial charge in [0.1, 0.15) is 17.1 Å². The van der Waals surface area contributed by atoms with E-state index in [1.165, 1.54) is 22.3 Å². The van der Waals surface area contributed by atoms with Crippen LogP contribution in [-0.2, 0) is 11.2 Å². The van der Waals surface area contributed by atoms with Crippen LogP contribution in [0.25, 0.3) is 0 Å². The number of piperazine rings is 1. The fourth-order valence-electron chi connectivity index (χ4n) is 6.24. The van der Waals surface area contributed by atoms with E-state index < -0.39 is 5.60 Å². The van der Waals surface area contributed by atoms with Crippen LogP contribution in [0.4, 0.5) is 10.5 Å². The molecule has 0 radical (unpaired) electrons. The van der Waals surface area contributed by atoms with Crippen molar-refractivity contribution in [1.29, 1.82) is 0 Å². The first kappa shape index (κ1) is 28.6. The second-order valence-corrected chi connectivity index (χ2v) is 12.4. The Morgan fingerprint density at radius 1 is 0.884 bits per heavy atom. The summed E-state index contributed by atoms with van der Waals surface area (Å²) in [5.74, 6) is 2.12. The van der Waals surface area contributed by atoms with E-state index in [1.807, 2.05) is 57.3 Å². The van der Waals surface area contributed by atoms with E-state index in [-0.39, 0.29) is 12.0 Å². The Morgan fingerprint density at radius 2 is 1.63 bits per heavy atom. The zero-order chi connectivity index (χ0) is 30.0. The summed E-state index contributed by atoms with van der Waals surface area (Å²) in [6.45, 7) is 8.31. The molecule has 3 aromatic carbocycles. The smallest absolute Gasteiger partial charge is 0.410 e. The summed E-state index contributed by atoms with van der Waals surface area (Å²) in [7, 11) is 0.